The van der Waals surface area contributed by atoms with Gasteiger partial charge in [0.1, 0.15) is 43.7 Å². The van der Waals surface area contributed by atoms with E-state index in [9.17, 15) is 8.42 Å². The van der Waals surface area contributed by atoms with E-state index in [-0.39, 0.29) is 18.4 Å². The third-order valence-electron chi connectivity index (χ3n) is 5.59. The molecule has 0 heterocycles. The Morgan fingerprint density at radius 1 is 0.630 bits per heavy atom. The summed E-state index contributed by atoms with van der Waals surface area (Å²) in [6.45, 7) is 15.0. The highest BCUT2D eigenvalue weighted by Crippen LogP contribution is 2.21. The van der Waals surface area contributed by atoms with Crippen LogP contribution in [0.25, 0.3) is 0 Å². The van der Waals surface area contributed by atoms with Crippen LogP contribution in [-0.4, -0.2) is 46.5 Å². The van der Waals surface area contributed by atoms with Gasteiger partial charge in [0.15, 0.2) is 0 Å². The molecule has 0 amide bonds. The fourth-order valence-electron chi connectivity index (χ4n) is 3.45. The molecule has 0 aliphatic heterocycles. The van der Waals surface area contributed by atoms with Gasteiger partial charge >= 0.3 is 0 Å². The van der Waals surface area contributed by atoms with Gasteiger partial charge in [-0.05, 0) is 68.3 Å². The number of methoxy groups -OCH3 is 1. The van der Waals surface area contributed by atoms with Crippen LogP contribution in [0.2, 0.25) is 0 Å². The molecule has 0 unspecified atom stereocenters. The standard InChI is InChI=1S/2C10H12O2.C9H12O.C7H8O3S.H2S/c2*1-2-11-8-9-12-10-6-4-3-5-7-10;1-7-5-4-6-8(2)9(7)10-3;1-6-2-4-7(5-3-6)11(8,9)10;/h2*2-7H,1,8-9H2;4-6H,1-3H3;2-5H,1H3,(H,8,9,10);1H2. The SMILES string of the molecule is C=COCCOc1ccccc1.C=COCCOc1ccccc1.COc1c(C)cccc1C.Cc1ccc(S(=O)(=O)O)cc1.S. The van der Waals surface area contributed by atoms with E-state index in [1.165, 1.54) is 35.8 Å². The van der Waals surface area contributed by atoms with Crippen LogP contribution in [0.1, 0.15) is 16.7 Å². The zero-order valence-corrected chi connectivity index (χ0v) is 28.7. The van der Waals surface area contributed by atoms with Crippen molar-refractivity contribution >= 4 is 23.6 Å². The summed E-state index contributed by atoms with van der Waals surface area (Å²) >= 11 is 0. The lowest BCUT2D eigenvalue weighted by molar-refractivity contribution is 0.179. The maximum absolute atomic E-state index is 10.5. The lowest BCUT2D eigenvalue weighted by Gasteiger charge is -2.06. The van der Waals surface area contributed by atoms with Crippen LogP contribution in [0, 0.1) is 20.8 Å². The monoisotopic (exact) mass is 670 g/mol. The average molecular weight is 671 g/mol. The molecule has 0 aliphatic carbocycles. The normalized spacial score (nSPS) is 9.50. The number of para-hydroxylation sites is 3. The van der Waals surface area contributed by atoms with Gasteiger partial charge in [0.05, 0.1) is 24.5 Å². The van der Waals surface area contributed by atoms with Crippen LogP contribution in [-0.2, 0) is 19.6 Å². The Labute approximate surface area is 281 Å². The summed E-state index contributed by atoms with van der Waals surface area (Å²) in [6, 6.07) is 31.4. The van der Waals surface area contributed by atoms with Crippen molar-refractivity contribution in [3.8, 4) is 17.2 Å². The first-order valence-electron chi connectivity index (χ1n) is 14.1. The summed E-state index contributed by atoms with van der Waals surface area (Å²) in [7, 11) is -2.32. The molecule has 0 bridgehead atoms. The molecule has 0 aromatic heterocycles. The highest BCUT2D eigenvalue weighted by Gasteiger charge is 2.06. The second-order valence-corrected chi connectivity index (χ2v) is 10.5. The average Bonchev–Trinajstić information content (AvgIpc) is 3.03. The van der Waals surface area contributed by atoms with Gasteiger partial charge in [0.25, 0.3) is 10.1 Å². The number of aryl methyl sites for hydroxylation is 3. The number of rotatable bonds is 12. The van der Waals surface area contributed by atoms with E-state index in [1.807, 2.05) is 99.6 Å². The van der Waals surface area contributed by atoms with Gasteiger partial charge in [-0.15, -0.1) is 0 Å². The highest BCUT2D eigenvalue weighted by atomic mass is 32.2. The lowest BCUT2D eigenvalue weighted by Crippen LogP contribution is -2.03. The van der Waals surface area contributed by atoms with Crippen LogP contribution in [0.4, 0.5) is 0 Å². The second kappa shape index (κ2) is 24.9. The topological polar surface area (TPSA) is 101 Å². The summed E-state index contributed by atoms with van der Waals surface area (Å²) in [5, 5.41) is 0. The van der Waals surface area contributed by atoms with E-state index in [0.29, 0.717) is 26.4 Å². The molecule has 4 rings (SSSR count). The van der Waals surface area contributed by atoms with Gasteiger partial charge in [-0.1, -0.05) is 85.5 Å². The zero-order chi connectivity index (χ0) is 33.3. The molecule has 0 saturated carbocycles. The summed E-state index contributed by atoms with van der Waals surface area (Å²) in [5.41, 5.74) is 3.35. The van der Waals surface area contributed by atoms with Crippen LogP contribution < -0.4 is 14.2 Å². The van der Waals surface area contributed by atoms with Crippen LogP contribution in [0.3, 0.4) is 0 Å². The predicted molar refractivity (Wildman–Crippen MR) is 190 cm³/mol. The van der Waals surface area contributed by atoms with E-state index >= 15 is 0 Å². The fourth-order valence-corrected chi connectivity index (χ4v) is 3.93. The first-order chi connectivity index (χ1) is 21.6. The Balaban J connectivity index is 0.000000584. The number of ether oxygens (including phenoxy) is 5. The quantitative estimate of drug-likeness (QED) is 0.0917. The molecule has 10 heteroatoms. The predicted octanol–water partition coefficient (Wildman–Crippen LogP) is 8.12. The first-order valence-corrected chi connectivity index (χ1v) is 15.5. The Hall–Kier alpha value is -4.38. The molecular formula is C36H46O8S2. The van der Waals surface area contributed by atoms with Crippen LogP contribution in [0.15, 0.2) is 134 Å². The molecule has 0 radical (unpaired) electrons. The van der Waals surface area contributed by atoms with Gasteiger partial charge in [-0.2, -0.15) is 21.9 Å². The van der Waals surface area contributed by atoms with E-state index in [1.54, 1.807) is 19.2 Å². The summed E-state index contributed by atoms with van der Waals surface area (Å²) in [6.07, 6.45) is 2.82. The minimum atomic E-state index is -4.02. The van der Waals surface area contributed by atoms with E-state index in [2.05, 4.69) is 13.2 Å². The van der Waals surface area contributed by atoms with Crippen LogP contribution >= 0.6 is 13.5 Å². The smallest absolute Gasteiger partial charge is 0.294 e. The van der Waals surface area contributed by atoms with Crippen LogP contribution in [0.5, 0.6) is 17.2 Å². The van der Waals surface area contributed by atoms with E-state index in [4.69, 9.17) is 28.2 Å². The molecule has 250 valence electrons. The van der Waals surface area contributed by atoms with E-state index < -0.39 is 10.1 Å². The molecule has 4 aromatic rings. The van der Waals surface area contributed by atoms with Crippen molar-refractivity contribution in [3.63, 3.8) is 0 Å². The van der Waals surface area contributed by atoms with Crippen molar-refractivity contribution in [1.29, 1.82) is 0 Å². The van der Waals surface area contributed by atoms with Crippen molar-refractivity contribution in [1.82, 2.24) is 0 Å². The van der Waals surface area contributed by atoms with Crippen molar-refractivity contribution in [2.24, 2.45) is 0 Å². The van der Waals surface area contributed by atoms with Gasteiger partial charge in [0, 0.05) is 0 Å². The highest BCUT2D eigenvalue weighted by molar-refractivity contribution is 7.85. The Morgan fingerprint density at radius 3 is 1.37 bits per heavy atom. The lowest BCUT2D eigenvalue weighted by atomic mass is 10.1. The number of benzene rings is 4. The van der Waals surface area contributed by atoms with Crippen molar-refractivity contribution in [3.05, 3.63) is 146 Å². The molecule has 0 atom stereocenters. The third-order valence-corrected chi connectivity index (χ3v) is 6.46. The minimum Gasteiger partial charge on any atom is -0.498 e. The minimum absolute atomic E-state index is 0. The van der Waals surface area contributed by atoms with Gasteiger partial charge < -0.3 is 23.7 Å². The molecule has 4 aromatic carbocycles. The Morgan fingerprint density at radius 2 is 1.04 bits per heavy atom. The second-order valence-electron chi connectivity index (χ2n) is 9.11. The molecular weight excluding hydrogens is 625 g/mol. The van der Waals surface area contributed by atoms with Gasteiger partial charge in [0.2, 0.25) is 0 Å². The zero-order valence-electron chi connectivity index (χ0n) is 26.9. The Bertz CT molecular complexity index is 1390. The molecule has 0 aliphatic rings. The van der Waals surface area contributed by atoms with Gasteiger partial charge in [-0.25, -0.2) is 0 Å². The maximum Gasteiger partial charge on any atom is 0.294 e. The van der Waals surface area contributed by atoms with E-state index in [0.717, 1.165) is 22.8 Å². The molecule has 0 spiro atoms. The van der Waals surface area contributed by atoms with Crippen molar-refractivity contribution < 1.29 is 36.7 Å². The molecule has 0 fully saturated rings. The molecule has 1 N–H and O–H groups in total. The first kappa shape index (κ1) is 41.6. The summed E-state index contributed by atoms with van der Waals surface area (Å²) in [5.74, 6) is 2.73. The molecule has 46 heavy (non-hydrogen) atoms. The fraction of sp³-hybridized carbons (Fsp3) is 0.222. The van der Waals surface area contributed by atoms with Gasteiger partial charge in [-0.3, -0.25) is 4.55 Å². The number of hydrogen-bond donors (Lipinski definition) is 1. The largest absolute Gasteiger partial charge is 0.498 e. The summed E-state index contributed by atoms with van der Waals surface area (Å²) in [4.78, 5) is -0.0666. The molecule has 8 nitrogen and oxygen atoms in total. The van der Waals surface area contributed by atoms with Crippen molar-refractivity contribution in [2.75, 3.05) is 33.5 Å². The maximum atomic E-state index is 10.5. The molecule has 0 saturated heterocycles. The third kappa shape index (κ3) is 19.1. The number of hydrogen-bond acceptors (Lipinski definition) is 7. The van der Waals surface area contributed by atoms with Crippen molar-refractivity contribution in [2.45, 2.75) is 25.7 Å². The summed E-state index contributed by atoms with van der Waals surface area (Å²) < 4.78 is 55.2. The Kier molecular flexibility index (Phi) is 22.5.